The number of unbranched alkanes of at least 4 members (excludes halogenated alkanes) is 1. The average molecular weight is 188 g/mol. The standard InChI is InChI=1S/C10H20O3/c1-3-5-6-9(4-2)7-8-13-10(11)12/h9H,3-8H2,1-2H3,(H,11,12). The van der Waals surface area contributed by atoms with Crippen molar-refractivity contribution < 1.29 is 14.6 Å². The van der Waals surface area contributed by atoms with E-state index in [1.807, 2.05) is 0 Å². The van der Waals surface area contributed by atoms with Gasteiger partial charge in [0.15, 0.2) is 0 Å². The highest BCUT2D eigenvalue weighted by molar-refractivity contribution is 5.56. The van der Waals surface area contributed by atoms with Crippen molar-refractivity contribution in [2.24, 2.45) is 5.92 Å². The third kappa shape index (κ3) is 7.62. The maximum absolute atomic E-state index is 10.1. The highest BCUT2D eigenvalue weighted by atomic mass is 16.7. The van der Waals surface area contributed by atoms with E-state index < -0.39 is 6.16 Å². The van der Waals surface area contributed by atoms with Crippen molar-refractivity contribution in [1.29, 1.82) is 0 Å². The molecule has 78 valence electrons. The Balaban J connectivity index is 3.41. The van der Waals surface area contributed by atoms with Crippen molar-refractivity contribution in [2.45, 2.75) is 46.0 Å². The minimum Gasteiger partial charge on any atom is -0.450 e. The number of ether oxygens (including phenoxy) is 1. The highest BCUT2D eigenvalue weighted by Gasteiger charge is 2.06. The molecule has 0 bridgehead atoms. The Morgan fingerprint density at radius 1 is 1.38 bits per heavy atom. The fourth-order valence-electron chi connectivity index (χ4n) is 1.36. The Labute approximate surface area is 80.1 Å². The van der Waals surface area contributed by atoms with Crippen molar-refractivity contribution in [3.05, 3.63) is 0 Å². The molecular weight excluding hydrogens is 168 g/mol. The summed E-state index contributed by atoms with van der Waals surface area (Å²) in [5.41, 5.74) is 0. The Hall–Kier alpha value is -0.730. The Morgan fingerprint density at radius 2 is 2.08 bits per heavy atom. The van der Waals surface area contributed by atoms with Crippen molar-refractivity contribution >= 4 is 6.16 Å². The lowest BCUT2D eigenvalue weighted by atomic mass is 9.96. The van der Waals surface area contributed by atoms with Gasteiger partial charge in [0.25, 0.3) is 0 Å². The SMILES string of the molecule is CCCCC(CC)CCOC(=O)O. The van der Waals surface area contributed by atoms with Gasteiger partial charge in [-0.15, -0.1) is 0 Å². The molecule has 0 saturated carbocycles. The van der Waals surface area contributed by atoms with E-state index >= 15 is 0 Å². The van der Waals surface area contributed by atoms with Crippen LogP contribution in [-0.2, 0) is 4.74 Å². The van der Waals surface area contributed by atoms with Gasteiger partial charge in [-0.2, -0.15) is 0 Å². The molecule has 0 aromatic carbocycles. The topological polar surface area (TPSA) is 46.5 Å². The molecule has 1 unspecified atom stereocenters. The van der Waals surface area contributed by atoms with Crippen LogP contribution in [0.5, 0.6) is 0 Å². The first-order valence-electron chi connectivity index (χ1n) is 5.06. The summed E-state index contributed by atoms with van der Waals surface area (Å²) in [5.74, 6) is 0.624. The molecule has 1 N–H and O–H groups in total. The first kappa shape index (κ1) is 12.3. The van der Waals surface area contributed by atoms with E-state index in [0.717, 1.165) is 12.8 Å². The lowest BCUT2D eigenvalue weighted by molar-refractivity contribution is 0.0854. The van der Waals surface area contributed by atoms with E-state index in [9.17, 15) is 4.79 Å². The van der Waals surface area contributed by atoms with Gasteiger partial charge in [-0.1, -0.05) is 39.5 Å². The molecule has 3 nitrogen and oxygen atoms in total. The normalized spacial score (nSPS) is 12.5. The van der Waals surface area contributed by atoms with Crippen LogP contribution >= 0.6 is 0 Å². The summed E-state index contributed by atoms with van der Waals surface area (Å²) in [4.78, 5) is 10.1. The molecule has 0 aromatic heterocycles. The second-order valence-corrected chi connectivity index (χ2v) is 3.32. The number of carboxylic acid groups (broad SMARTS) is 1. The number of rotatable bonds is 7. The van der Waals surface area contributed by atoms with Crippen LogP contribution in [0.15, 0.2) is 0 Å². The maximum atomic E-state index is 10.1. The molecule has 0 heterocycles. The zero-order valence-corrected chi connectivity index (χ0v) is 8.58. The molecule has 0 spiro atoms. The number of hydrogen-bond donors (Lipinski definition) is 1. The van der Waals surface area contributed by atoms with Gasteiger partial charge in [-0.05, 0) is 12.3 Å². The van der Waals surface area contributed by atoms with Gasteiger partial charge in [0.2, 0.25) is 0 Å². The predicted octanol–water partition coefficient (Wildman–Crippen LogP) is 3.29. The minimum absolute atomic E-state index is 0.345. The van der Waals surface area contributed by atoms with Crippen LogP contribution in [0, 0.1) is 5.92 Å². The van der Waals surface area contributed by atoms with Crippen LogP contribution in [0.4, 0.5) is 4.79 Å². The first-order chi connectivity index (χ1) is 6.20. The van der Waals surface area contributed by atoms with Gasteiger partial charge < -0.3 is 9.84 Å². The smallest absolute Gasteiger partial charge is 0.450 e. The molecule has 0 rings (SSSR count). The van der Waals surface area contributed by atoms with Crippen LogP contribution < -0.4 is 0 Å². The number of hydrogen-bond acceptors (Lipinski definition) is 2. The lowest BCUT2D eigenvalue weighted by Crippen LogP contribution is -2.07. The number of carbonyl (C=O) groups is 1. The Morgan fingerprint density at radius 3 is 2.54 bits per heavy atom. The summed E-state index contributed by atoms with van der Waals surface area (Å²) >= 11 is 0. The average Bonchev–Trinajstić information content (AvgIpc) is 2.10. The minimum atomic E-state index is -1.16. The third-order valence-corrected chi connectivity index (χ3v) is 2.29. The summed E-state index contributed by atoms with van der Waals surface area (Å²) in [6, 6.07) is 0. The van der Waals surface area contributed by atoms with E-state index in [1.54, 1.807) is 0 Å². The predicted molar refractivity (Wildman–Crippen MR) is 51.9 cm³/mol. The Bertz CT molecular complexity index is 134. The maximum Gasteiger partial charge on any atom is 0.505 e. The molecule has 0 aliphatic heterocycles. The fourth-order valence-corrected chi connectivity index (χ4v) is 1.36. The van der Waals surface area contributed by atoms with Crippen LogP contribution in [0.3, 0.4) is 0 Å². The summed E-state index contributed by atoms with van der Waals surface area (Å²) in [5, 5.41) is 8.25. The molecule has 0 aliphatic rings. The first-order valence-corrected chi connectivity index (χ1v) is 5.06. The molecule has 0 saturated heterocycles. The van der Waals surface area contributed by atoms with E-state index in [4.69, 9.17) is 5.11 Å². The molecule has 0 aromatic rings. The largest absolute Gasteiger partial charge is 0.505 e. The van der Waals surface area contributed by atoms with E-state index in [-0.39, 0.29) is 0 Å². The van der Waals surface area contributed by atoms with Crippen LogP contribution in [0.25, 0.3) is 0 Å². The second-order valence-electron chi connectivity index (χ2n) is 3.32. The van der Waals surface area contributed by atoms with Crippen LogP contribution in [0.2, 0.25) is 0 Å². The van der Waals surface area contributed by atoms with Crippen molar-refractivity contribution in [1.82, 2.24) is 0 Å². The van der Waals surface area contributed by atoms with Crippen molar-refractivity contribution in [3.63, 3.8) is 0 Å². The van der Waals surface area contributed by atoms with Gasteiger partial charge in [0.1, 0.15) is 0 Å². The van der Waals surface area contributed by atoms with E-state index in [0.29, 0.717) is 12.5 Å². The van der Waals surface area contributed by atoms with Crippen LogP contribution in [-0.4, -0.2) is 17.9 Å². The summed E-state index contributed by atoms with van der Waals surface area (Å²) < 4.78 is 4.47. The summed E-state index contributed by atoms with van der Waals surface area (Å²) in [6.45, 7) is 4.65. The molecular formula is C10H20O3. The quantitative estimate of drug-likeness (QED) is 0.623. The zero-order chi connectivity index (χ0) is 10.1. The van der Waals surface area contributed by atoms with Crippen LogP contribution in [0.1, 0.15) is 46.0 Å². The van der Waals surface area contributed by atoms with Gasteiger partial charge >= 0.3 is 6.16 Å². The molecule has 0 aliphatic carbocycles. The highest BCUT2D eigenvalue weighted by Crippen LogP contribution is 2.16. The molecule has 0 fully saturated rings. The summed E-state index contributed by atoms with van der Waals surface area (Å²) in [7, 11) is 0. The Kier molecular flexibility index (Phi) is 7.45. The molecule has 1 atom stereocenters. The van der Waals surface area contributed by atoms with Gasteiger partial charge in [0.05, 0.1) is 6.61 Å². The van der Waals surface area contributed by atoms with Crippen molar-refractivity contribution in [2.75, 3.05) is 6.61 Å². The lowest BCUT2D eigenvalue weighted by Gasteiger charge is -2.13. The zero-order valence-electron chi connectivity index (χ0n) is 8.58. The monoisotopic (exact) mass is 188 g/mol. The molecule has 0 radical (unpaired) electrons. The second kappa shape index (κ2) is 7.90. The molecule has 0 amide bonds. The van der Waals surface area contributed by atoms with E-state index in [1.165, 1.54) is 19.3 Å². The fraction of sp³-hybridized carbons (Fsp3) is 0.900. The van der Waals surface area contributed by atoms with Crippen molar-refractivity contribution in [3.8, 4) is 0 Å². The van der Waals surface area contributed by atoms with E-state index in [2.05, 4.69) is 18.6 Å². The summed E-state index contributed by atoms with van der Waals surface area (Å²) in [6.07, 6.45) is 4.44. The van der Waals surface area contributed by atoms with Gasteiger partial charge in [-0.25, -0.2) is 4.79 Å². The molecule has 3 heteroatoms. The molecule has 13 heavy (non-hydrogen) atoms. The van der Waals surface area contributed by atoms with Gasteiger partial charge in [-0.3, -0.25) is 0 Å². The van der Waals surface area contributed by atoms with Gasteiger partial charge in [0, 0.05) is 0 Å². The third-order valence-electron chi connectivity index (χ3n) is 2.29.